The Morgan fingerprint density at radius 2 is 1.95 bits per heavy atom. The number of phenols is 1. The van der Waals surface area contributed by atoms with Crippen molar-refractivity contribution in [3.05, 3.63) is 32.6 Å². The molecule has 1 aromatic carbocycles. The monoisotopic (exact) mass is 327 g/mol. The van der Waals surface area contributed by atoms with Gasteiger partial charge in [0.2, 0.25) is 0 Å². The molecular formula is C13H7Cl2NO3S. The predicted molar refractivity (Wildman–Crippen MR) is 79.6 cm³/mol. The highest BCUT2D eigenvalue weighted by molar-refractivity contribution is 8.18. The van der Waals surface area contributed by atoms with Crippen molar-refractivity contribution in [2.24, 2.45) is 0 Å². The highest BCUT2D eigenvalue weighted by Gasteiger charge is 2.34. The topological polar surface area (TPSA) is 57.6 Å². The van der Waals surface area contributed by atoms with Gasteiger partial charge in [-0.2, -0.15) is 0 Å². The summed E-state index contributed by atoms with van der Waals surface area (Å²) in [5.41, 5.74) is 0.504. The second-order valence-corrected chi connectivity index (χ2v) is 5.61. The molecule has 2 rings (SSSR count). The van der Waals surface area contributed by atoms with Gasteiger partial charge in [-0.25, -0.2) is 0 Å². The molecule has 0 radical (unpaired) electrons. The molecule has 1 heterocycles. The maximum atomic E-state index is 12.0. The molecule has 20 heavy (non-hydrogen) atoms. The third-order valence-electron chi connectivity index (χ3n) is 2.46. The quantitative estimate of drug-likeness (QED) is 0.668. The maximum Gasteiger partial charge on any atom is 0.294 e. The Bertz CT molecular complexity index is 656. The Kier molecular flexibility index (Phi) is 4.29. The Balaban J connectivity index is 2.36. The summed E-state index contributed by atoms with van der Waals surface area (Å²) in [5.74, 6) is 1.56. The molecule has 4 nitrogen and oxygen atoms in total. The van der Waals surface area contributed by atoms with E-state index in [0.717, 1.165) is 16.7 Å². The number of amides is 2. The van der Waals surface area contributed by atoms with Crippen molar-refractivity contribution in [2.45, 2.75) is 0 Å². The van der Waals surface area contributed by atoms with Crippen molar-refractivity contribution in [1.29, 1.82) is 0 Å². The number of halogens is 2. The SMILES string of the molecule is C#CCN1C(=O)SC(=Cc2cc(Cl)c(O)c(Cl)c2)C1=O. The number of phenolic OH excluding ortho intramolecular Hbond substituents is 1. The zero-order valence-corrected chi connectivity index (χ0v) is 12.2. The van der Waals surface area contributed by atoms with Gasteiger partial charge in [0.25, 0.3) is 11.1 Å². The number of nitrogens with zero attached hydrogens (tertiary/aromatic N) is 1. The largest absolute Gasteiger partial charge is 0.505 e. The fourth-order valence-corrected chi connectivity index (χ4v) is 2.89. The maximum absolute atomic E-state index is 12.0. The van der Waals surface area contributed by atoms with E-state index in [1.165, 1.54) is 18.2 Å². The second-order valence-electron chi connectivity index (χ2n) is 3.81. The number of imide groups is 1. The van der Waals surface area contributed by atoms with Gasteiger partial charge >= 0.3 is 0 Å². The van der Waals surface area contributed by atoms with Crippen LogP contribution in [0.15, 0.2) is 17.0 Å². The number of carbonyl (C=O) groups excluding carboxylic acids is 2. The van der Waals surface area contributed by atoms with E-state index >= 15 is 0 Å². The van der Waals surface area contributed by atoms with Gasteiger partial charge in [-0.05, 0) is 35.5 Å². The summed E-state index contributed by atoms with van der Waals surface area (Å²) in [5, 5.41) is 9.16. The van der Waals surface area contributed by atoms with Crippen molar-refractivity contribution in [3.63, 3.8) is 0 Å². The highest BCUT2D eigenvalue weighted by Crippen LogP contribution is 2.36. The van der Waals surface area contributed by atoms with Crippen LogP contribution in [0.5, 0.6) is 5.75 Å². The van der Waals surface area contributed by atoms with Crippen LogP contribution in [0.2, 0.25) is 10.0 Å². The molecule has 1 aromatic rings. The molecule has 1 aliphatic rings. The van der Waals surface area contributed by atoms with Crippen molar-refractivity contribution >= 4 is 52.2 Å². The van der Waals surface area contributed by atoms with E-state index in [4.69, 9.17) is 29.6 Å². The zero-order valence-electron chi connectivity index (χ0n) is 9.89. The van der Waals surface area contributed by atoms with Gasteiger partial charge in [-0.15, -0.1) is 6.42 Å². The van der Waals surface area contributed by atoms with E-state index in [0.29, 0.717) is 5.56 Å². The normalized spacial score (nSPS) is 16.9. The van der Waals surface area contributed by atoms with Crippen LogP contribution in [0.4, 0.5) is 4.79 Å². The molecule has 0 atom stereocenters. The van der Waals surface area contributed by atoms with E-state index in [1.54, 1.807) is 0 Å². The van der Waals surface area contributed by atoms with Gasteiger partial charge < -0.3 is 5.11 Å². The van der Waals surface area contributed by atoms with E-state index in [2.05, 4.69) is 5.92 Å². The Morgan fingerprint density at radius 1 is 1.35 bits per heavy atom. The predicted octanol–water partition coefficient (Wildman–Crippen LogP) is 3.37. The van der Waals surface area contributed by atoms with Gasteiger partial charge in [0.1, 0.15) is 0 Å². The number of terminal acetylenes is 1. The Labute approximate surface area is 129 Å². The lowest BCUT2D eigenvalue weighted by molar-refractivity contribution is -0.122. The number of benzene rings is 1. The molecule has 0 aromatic heterocycles. The lowest BCUT2D eigenvalue weighted by Gasteiger charge is -2.06. The summed E-state index contributed by atoms with van der Waals surface area (Å²) in [4.78, 5) is 24.8. The van der Waals surface area contributed by atoms with Gasteiger partial charge in [0.15, 0.2) is 5.75 Å². The minimum absolute atomic E-state index is 0.0617. The van der Waals surface area contributed by atoms with Crippen molar-refractivity contribution in [3.8, 4) is 18.1 Å². The van der Waals surface area contributed by atoms with Crippen LogP contribution in [-0.4, -0.2) is 27.7 Å². The van der Waals surface area contributed by atoms with Crippen LogP contribution in [0, 0.1) is 12.3 Å². The number of thioether (sulfide) groups is 1. The molecule has 1 N–H and O–H groups in total. The average Bonchev–Trinajstić information content (AvgIpc) is 2.64. The van der Waals surface area contributed by atoms with E-state index < -0.39 is 11.1 Å². The molecule has 0 saturated carbocycles. The highest BCUT2D eigenvalue weighted by atomic mass is 35.5. The number of carbonyl (C=O) groups is 2. The lowest BCUT2D eigenvalue weighted by Crippen LogP contribution is -2.28. The molecule has 1 aliphatic heterocycles. The zero-order chi connectivity index (χ0) is 14.9. The van der Waals surface area contributed by atoms with Crippen molar-refractivity contribution in [1.82, 2.24) is 4.90 Å². The standard InChI is InChI=1S/C13H7Cl2NO3S/c1-2-3-16-12(18)10(20-13(16)19)6-7-4-8(14)11(17)9(15)5-7/h1,4-6,17H,3H2. The molecule has 7 heteroatoms. The molecule has 0 aliphatic carbocycles. The molecule has 1 fully saturated rings. The van der Waals surface area contributed by atoms with Crippen LogP contribution in [0.1, 0.15) is 5.56 Å². The van der Waals surface area contributed by atoms with Crippen LogP contribution in [0.3, 0.4) is 0 Å². The minimum Gasteiger partial charge on any atom is -0.505 e. The number of hydrogen-bond donors (Lipinski definition) is 1. The lowest BCUT2D eigenvalue weighted by atomic mass is 10.2. The van der Waals surface area contributed by atoms with Crippen LogP contribution in [-0.2, 0) is 4.79 Å². The van der Waals surface area contributed by atoms with Crippen molar-refractivity contribution in [2.75, 3.05) is 6.54 Å². The van der Waals surface area contributed by atoms with E-state index in [1.807, 2.05) is 0 Å². The first kappa shape index (κ1) is 14.8. The molecule has 2 amide bonds. The average molecular weight is 328 g/mol. The number of aromatic hydroxyl groups is 1. The Morgan fingerprint density at radius 3 is 2.50 bits per heavy atom. The number of rotatable bonds is 2. The number of hydrogen-bond acceptors (Lipinski definition) is 4. The molecule has 0 spiro atoms. The summed E-state index contributed by atoms with van der Waals surface area (Å²) < 4.78 is 0. The second kappa shape index (κ2) is 5.80. The van der Waals surface area contributed by atoms with Gasteiger partial charge in [0, 0.05) is 0 Å². The molecule has 0 unspecified atom stereocenters. The third-order valence-corrected chi connectivity index (χ3v) is 3.94. The first-order valence-electron chi connectivity index (χ1n) is 5.31. The smallest absolute Gasteiger partial charge is 0.294 e. The molecule has 1 saturated heterocycles. The van der Waals surface area contributed by atoms with Crippen molar-refractivity contribution < 1.29 is 14.7 Å². The van der Waals surface area contributed by atoms with Crippen LogP contribution >= 0.6 is 35.0 Å². The summed E-state index contributed by atoms with van der Waals surface area (Å²) in [6.45, 7) is -0.0703. The van der Waals surface area contributed by atoms with E-state index in [9.17, 15) is 14.7 Å². The van der Waals surface area contributed by atoms with Crippen LogP contribution in [0.25, 0.3) is 6.08 Å². The van der Waals surface area contributed by atoms with Gasteiger partial charge in [-0.1, -0.05) is 29.1 Å². The summed E-state index contributed by atoms with van der Waals surface area (Å²) in [7, 11) is 0. The minimum atomic E-state index is -0.460. The summed E-state index contributed by atoms with van der Waals surface area (Å²) >= 11 is 12.4. The fraction of sp³-hybridized carbons (Fsp3) is 0.0769. The fourth-order valence-electron chi connectivity index (χ4n) is 1.55. The van der Waals surface area contributed by atoms with Gasteiger partial charge in [0.05, 0.1) is 21.5 Å². The molecule has 0 bridgehead atoms. The first-order valence-corrected chi connectivity index (χ1v) is 6.88. The summed E-state index contributed by atoms with van der Waals surface area (Å²) in [6.07, 6.45) is 6.57. The van der Waals surface area contributed by atoms with Gasteiger partial charge in [-0.3, -0.25) is 14.5 Å². The Hall–Kier alpha value is -1.61. The molecule has 102 valence electrons. The third kappa shape index (κ3) is 2.78. The van der Waals surface area contributed by atoms with Crippen LogP contribution < -0.4 is 0 Å². The first-order chi connectivity index (χ1) is 9.43. The molecular weight excluding hydrogens is 321 g/mol. The van der Waals surface area contributed by atoms with E-state index in [-0.39, 0.29) is 27.2 Å². The summed E-state index contributed by atoms with van der Waals surface area (Å²) in [6, 6.07) is 2.88.